The van der Waals surface area contributed by atoms with Crippen LogP contribution < -0.4 is 4.74 Å². The van der Waals surface area contributed by atoms with Gasteiger partial charge in [-0.1, -0.05) is 12.1 Å². The first-order valence-corrected chi connectivity index (χ1v) is 8.99. The lowest BCUT2D eigenvalue weighted by atomic mass is 9.61. The number of Topliss-reactive ketones (excluding diaryl/α,β-unsaturated/α-hetero) is 1. The molecule has 27 heavy (non-hydrogen) atoms. The molecule has 1 aliphatic carbocycles. The smallest absolute Gasteiger partial charge is 0.317 e. The molecule has 0 unspecified atom stereocenters. The first-order chi connectivity index (χ1) is 12.8. The summed E-state index contributed by atoms with van der Waals surface area (Å²) in [5.41, 5.74) is -1.13. The Morgan fingerprint density at radius 2 is 1.81 bits per heavy atom. The number of carbonyl (C=O) groups excluding carboxylic acids is 3. The van der Waals surface area contributed by atoms with Crippen LogP contribution in [0, 0.1) is 11.8 Å². The van der Waals surface area contributed by atoms with Crippen LogP contribution in [-0.4, -0.2) is 48.8 Å². The molecule has 0 bridgehead atoms. The van der Waals surface area contributed by atoms with Crippen molar-refractivity contribution in [1.29, 1.82) is 0 Å². The molecule has 1 N–H and O–H groups in total. The van der Waals surface area contributed by atoms with Crippen molar-refractivity contribution in [2.45, 2.75) is 38.7 Å². The molecule has 1 aromatic carbocycles. The van der Waals surface area contributed by atoms with E-state index in [1.165, 1.54) is 14.0 Å². The van der Waals surface area contributed by atoms with Gasteiger partial charge in [0.2, 0.25) is 0 Å². The van der Waals surface area contributed by atoms with Crippen LogP contribution in [0.3, 0.4) is 0 Å². The molecule has 0 saturated heterocycles. The van der Waals surface area contributed by atoms with E-state index in [0.717, 1.165) is 0 Å². The molecule has 1 fully saturated rings. The van der Waals surface area contributed by atoms with Crippen molar-refractivity contribution in [1.82, 2.24) is 0 Å². The van der Waals surface area contributed by atoms with Gasteiger partial charge in [0.05, 0.1) is 31.8 Å². The maximum atomic E-state index is 12.7. The van der Waals surface area contributed by atoms with E-state index in [2.05, 4.69) is 0 Å². The average Bonchev–Trinajstić information content (AvgIpc) is 2.60. The Morgan fingerprint density at radius 1 is 1.19 bits per heavy atom. The summed E-state index contributed by atoms with van der Waals surface area (Å²) in [6, 6.07) is 6.76. The normalized spacial score (nSPS) is 27.7. The fourth-order valence-electron chi connectivity index (χ4n) is 3.73. The van der Waals surface area contributed by atoms with Gasteiger partial charge in [-0.15, -0.1) is 0 Å². The van der Waals surface area contributed by atoms with Gasteiger partial charge in [-0.25, -0.2) is 0 Å². The summed E-state index contributed by atoms with van der Waals surface area (Å²) in [5.74, 6) is -4.54. The first kappa shape index (κ1) is 20.9. The number of rotatable bonds is 6. The topological polar surface area (TPSA) is 99.1 Å². The Kier molecular flexibility index (Phi) is 6.59. The van der Waals surface area contributed by atoms with Gasteiger partial charge in [0.15, 0.2) is 5.78 Å². The highest BCUT2D eigenvalue weighted by molar-refractivity contribution is 6.02. The van der Waals surface area contributed by atoms with Crippen molar-refractivity contribution in [2.75, 3.05) is 20.3 Å². The summed E-state index contributed by atoms with van der Waals surface area (Å²) in [7, 11) is 1.49. The lowest BCUT2D eigenvalue weighted by Crippen LogP contribution is -2.55. The number of esters is 2. The highest BCUT2D eigenvalue weighted by Gasteiger charge is 2.57. The van der Waals surface area contributed by atoms with Crippen LogP contribution in [0.4, 0.5) is 0 Å². The van der Waals surface area contributed by atoms with Gasteiger partial charge in [0.1, 0.15) is 11.7 Å². The Morgan fingerprint density at radius 3 is 2.41 bits per heavy atom. The molecule has 0 heterocycles. The predicted octanol–water partition coefficient (Wildman–Crippen LogP) is 1.86. The molecule has 1 saturated carbocycles. The molecule has 1 aromatic rings. The minimum Gasteiger partial charge on any atom is -0.497 e. The maximum Gasteiger partial charge on any atom is 0.317 e. The molecule has 0 amide bonds. The Labute approximate surface area is 158 Å². The van der Waals surface area contributed by atoms with Gasteiger partial charge in [-0.05, 0) is 38.5 Å². The van der Waals surface area contributed by atoms with Gasteiger partial charge in [-0.2, -0.15) is 0 Å². The van der Waals surface area contributed by atoms with E-state index in [0.29, 0.717) is 11.3 Å². The lowest BCUT2D eigenvalue weighted by molar-refractivity contribution is -0.172. The zero-order valence-corrected chi connectivity index (χ0v) is 16.1. The molecule has 1 aliphatic rings. The minimum absolute atomic E-state index is 0.105. The molecule has 7 heteroatoms. The van der Waals surface area contributed by atoms with Crippen LogP contribution in [0.5, 0.6) is 5.75 Å². The summed E-state index contributed by atoms with van der Waals surface area (Å²) < 4.78 is 15.5. The van der Waals surface area contributed by atoms with E-state index >= 15 is 0 Å². The predicted molar refractivity (Wildman–Crippen MR) is 96.2 cm³/mol. The Balaban J connectivity index is 2.63. The van der Waals surface area contributed by atoms with Gasteiger partial charge < -0.3 is 19.3 Å². The van der Waals surface area contributed by atoms with E-state index in [4.69, 9.17) is 14.2 Å². The van der Waals surface area contributed by atoms with Crippen molar-refractivity contribution in [3.63, 3.8) is 0 Å². The minimum atomic E-state index is -1.65. The van der Waals surface area contributed by atoms with E-state index in [9.17, 15) is 19.5 Å². The largest absolute Gasteiger partial charge is 0.497 e. The Hall–Kier alpha value is -2.41. The second kappa shape index (κ2) is 8.52. The molecule has 0 radical (unpaired) electrons. The number of hydrogen-bond donors (Lipinski definition) is 1. The number of benzene rings is 1. The van der Waals surface area contributed by atoms with E-state index in [-0.39, 0.29) is 19.6 Å². The van der Waals surface area contributed by atoms with Crippen LogP contribution in [-0.2, 0) is 23.9 Å². The van der Waals surface area contributed by atoms with E-state index < -0.39 is 41.1 Å². The molecule has 148 valence electrons. The number of methoxy groups -OCH3 is 1. The summed E-state index contributed by atoms with van der Waals surface area (Å²) >= 11 is 0. The lowest BCUT2D eigenvalue weighted by Gasteiger charge is -2.43. The van der Waals surface area contributed by atoms with Crippen LogP contribution in [0.1, 0.15) is 38.7 Å². The number of hydrogen-bond acceptors (Lipinski definition) is 7. The number of carbonyl (C=O) groups is 3. The van der Waals surface area contributed by atoms with Gasteiger partial charge in [0, 0.05) is 12.3 Å². The third kappa shape index (κ3) is 4.30. The number of ketones is 1. The molecule has 4 atom stereocenters. The quantitative estimate of drug-likeness (QED) is 0.596. The fourth-order valence-corrected chi connectivity index (χ4v) is 3.73. The van der Waals surface area contributed by atoms with E-state index in [1.807, 2.05) is 0 Å². The first-order valence-electron chi connectivity index (χ1n) is 8.99. The fraction of sp³-hybridized carbons (Fsp3) is 0.550. The van der Waals surface area contributed by atoms with Crippen LogP contribution in [0.2, 0.25) is 0 Å². The summed E-state index contributed by atoms with van der Waals surface area (Å²) in [4.78, 5) is 38.0. The third-order valence-corrected chi connectivity index (χ3v) is 4.83. The SMILES string of the molecule is CCOC(=O)[C@H]1C(=O)C[C@](C)(O)[C@@H](C(=O)OCC)[C@@H]1c1cccc(OC)c1. The van der Waals surface area contributed by atoms with Crippen molar-refractivity contribution >= 4 is 17.7 Å². The van der Waals surface area contributed by atoms with Crippen LogP contribution in [0.25, 0.3) is 0 Å². The van der Waals surface area contributed by atoms with Crippen molar-refractivity contribution in [3.8, 4) is 5.75 Å². The van der Waals surface area contributed by atoms with E-state index in [1.54, 1.807) is 38.1 Å². The number of aliphatic hydroxyl groups is 1. The van der Waals surface area contributed by atoms with Crippen molar-refractivity contribution in [3.05, 3.63) is 29.8 Å². The van der Waals surface area contributed by atoms with Gasteiger partial charge in [0.25, 0.3) is 0 Å². The second-order valence-corrected chi connectivity index (χ2v) is 6.76. The Bertz CT molecular complexity index is 710. The van der Waals surface area contributed by atoms with Gasteiger partial charge >= 0.3 is 11.9 Å². The molecular formula is C20H26O7. The van der Waals surface area contributed by atoms with Crippen LogP contribution in [0.15, 0.2) is 24.3 Å². The highest BCUT2D eigenvalue weighted by Crippen LogP contribution is 2.47. The summed E-state index contributed by atoms with van der Waals surface area (Å²) in [5, 5.41) is 10.9. The molecule has 2 rings (SSSR count). The summed E-state index contributed by atoms with van der Waals surface area (Å²) in [6.45, 7) is 4.94. The second-order valence-electron chi connectivity index (χ2n) is 6.76. The molecule has 0 aromatic heterocycles. The van der Waals surface area contributed by atoms with Crippen LogP contribution >= 0.6 is 0 Å². The zero-order valence-electron chi connectivity index (χ0n) is 16.1. The average molecular weight is 378 g/mol. The van der Waals surface area contributed by atoms with Crippen molar-refractivity contribution < 1.29 is 33.7 Å². The molecule has 7 nitrogen and oxygen atoms in total. The number of ether oxygens (including phenoxy) is 3. The van der Waals surface area contributed by atoms with Gasteiger partial charge in [-0.3, -0.25) is 14.4 Å². The zero-order chi connectivity index (χ0) is 20.2. The monoisotopic (exact) mass is 378 g/mol. The maximum absolute atomic E-state index is 12.7. The summed E-state index contributed by atoms with van der Waals surface area (Å²) in [6.07, 6.45) is -0.333. The molecule has 0 spiro atoms. The standard InChI is InChI=1S/C20H26O7/c1-5-26-18(22)16-14(21)11-20(3,24)17(19(23)27-6-2)15(16)12-8-7-9-13(10-12)25-4/h7-10,15-17,24H,5-6,11H2,1-4H3/t15-,16+,17-,20+/m1/s1. The highest BCUT2D eigenvalue weighted by atomic mass is 16.5. The third-order valence-electron chi connectivity index (χ3n) is 4.83. The molecule has 0 aliphatic heterocycles. The molecular weight excluding hydrogens is 352 g/mol. The van der Waals surface area contributed by atoms with Crippen molar-refractivity contribution in [2.24, 2.45) is 11.8 Å².